The first-order valence-electron chi connectivity index (χ1n) is 5.49. The van der Waals surface area contributed by atoms with Crippen LogP contribution in [0.1, 0.15) is 22.6 Å². The largest absolute Gasteiger partial charge is 0.352 e. The molecule has 0 bridgehead atoms. The summed E-state index contributed by atoms with van der Waals surface area (Å²) in [7, 11) is 0. The molecule has 0 spiro atoms. The first kappa shape index (κ1) is 12.5. The van der Waals surface area contributed by atoms with Crippen LogP contribution in [0.2, 0.25) is 5.02 Å². The van der Waals surface area contributed by atoms with E-state index in [0.29, 0.717) is 17.1 Å². The number of carbonyl (C=O) groups excluding carboxylic acids is 1. The number of aromatic amines is 1. The molecule has 0 atom stereocenters. The zero-order chi connectivity index (χ0) is 12.8. The monoisotopic (exact) mass is 265 g/mol. The van der Waals surface area contributed by atoms with E-state index in [0.717, 1.165) is 18.7 Å². The molecule has 0 saturated heterocycles. The van der Waals surface area contributed by atoms with Crippen molar-refractivity contribution in [2.75, 3.05) is 6.54 Å². The smallest absolute Gasteiger partial charge is 0.254 e. The summed E-state index contributed by atoms with van der Waals surface area (Å²) in [5.74, 6) is 0.592. The average Bonchev–Trinajstić information content (AvgIpc) is 2.88. The minimum absolute atomic E-state index is 0.217. The number of amides is 1. The lowest BCUT2D eigenvalue weighted by atomic mass is 10.2. The fraction of sp³-hybridized carbons (Fsp3) is 0.273. The van der Waals surface area contributed by atoms with Crippen molar-refractivity contribution < 1.29 is 4.79 Å². The van der Waals surface area contributed by atoms with Crippen LogP contribution in [0.25, 0.3) is 0 Å². The van der Waals surface area contributed by atoms with Gasteiger partial charge in [-0.25, -0.2) is 4.98 Å². The molecule has 2 heterocycles. The van der Waals surface area contributed by atoms with Gasteiger partial charge >= 0.3 is 0 Å². The molecule has 2 N–H and O–H groups in total. The second kappa shape index (κ2) is 6.11. The Bertz CT molecular complexity index is 514. The molecule has 1 amide bonds. The van der Waals surface area contributed by atoms with Crippen molar-refractivity contribution in [3.05, 3.63) is 41.2 Å². The van der Waals surface area contributed by atoms with Gasteiger partial charge in [-0.3, -0.25) is 14.9 Å². The molecular weight excluding hydrogens is 254 g/mol. The number of aryl methyl sites for hydroxylation is 1. The third kappa shape index (κ3) is 3.27. The Labute approximate surface area is 109 Å². The SMILES string of the molecule is O=C(NCCCc1ncn[nH]1)c1cnccc1Cl. The molecule has 2 rings (SSSR count). The number of nitrogens with one attached hydrogen (secondary N) is 2. The van der Waals surface area contributed by atoms with Gasteiger partial charge in [0.1, 0.15) is 12.2 Å². The molecule has 0 saturated carbocycles. The second-order valence-electron chi connectivity index (χ2n) is 3.65. The van der Waals surface area contributed by atoms with Gasteiger partial charge < -0.3 is 5.32 Å². The summed E-state index contributed by atoms with van der Waals surface area (Å²) < 4.78 is 0. The van der Waals surface area contributed by atoms with E-state index in [1.807, 2.05) is 0 Å². The van der Waals surface area contributed by atoms with E-state index in [2.05, 4.69) is 25.5 Å². The Morgan fingerprint density at radius 3 is 3.11 bits per heavy atom. The number of rotatable bonds is 5. The van der Waals surface area contributed by atoms with Crippen LogP contribution < -0.4 is 5.32 Å². The summed E-state index contributed by atoms with van der Waals surface area (Å²) in [5.41, 5.74) is 0.388. The van der Waals surface area contributed by atoms with Gasteiger partial charge in [0.15, 0.2) is 0 Å². The number of halogens is 1. The Morgan fingerprint density at radius 2 is 2.39 bits per heavy atom. The molecule has 2 aromatic heterocycles. The summed E-state index contributed by atoms with van der Waals surface area (Å²) in [6, 6.07) is 1.59. The number of hydrogen-bond donors (Lipinski definition) is 2. The van der Waals surface area contributed by atoms with E-state index < -0.39 is 0 Å². The lowest BCUT2D eigenvalue weighted by Crippen LogP contribution is -2.25. The molecule has 0 radical (unpaired) electrons. The van der Waals surface area contributed by atoms with Gasteiger partial charge in [0, 0.05) is 25.4 Å². The quantitative estimate of drug-likeness (QED) is 0.796. The minimum Gasteiger partial charge on any atom is -0.352 e. The number of pyridine rings is 1. The van der Waals surface area contributed by atoms with Crippen molar-refractivity contribution in [2.45, 2.75) is 12.8 Å². The third-order valence-corrected chi connectivity index (χ3v) is 2.68. The van der Waals surface area contributed by atoms with E-state index in [9.17, 15) is 4.79 Å². The number of hydrogen-bond acceptors (Lipinski definition) is 4. The van der Waals surface area contributed by atoms with Crippen LogP contribution in [0.5, 0.6) is 0 Å². The zero-order valence-electron chi connectivity index (χ0n) is 9.56. The maximum Gasteiger partial charge on any atom is 0.254 e. The normalized spacial score (nSPS) is 10.3. The minimum atomic E-state index is -0.217. The Balaban J connectivity index is 1.77. The van der Waals surface area contributed by atoms with Crippen molar-refractivity contribution in [3.63, 3.8) is 0 Å². The van der Waals surface area contributed by atoms with Crippen LogP contribution in [-0.2, 0) is 6.42 Å². The van der Waals surface area contributed by atoms with Crippen molar-refractivity contribution in [1.29, 1.82) is 0 Å². The van der Waals surface area contributed by atoms with Gasteiger partial charge in [-0.15, -0.1) is 0 Å². The van der Waals surface area contributed by atoms with Crippen molar-refractivity contribution in [1.82, 2.24) is 25.5 Å². The van der Waals surface area contributed by atoms with Gasteiger partial charge in [0.2, 0.25) is 0 Å². The molecule has 18 heavy (non-hydrogen) atoms. The Morgan fingerprint density at radius 1 is 1.50 bits per heavy atom. The van der Waals surface area contributed by atoms with Crippen LogP contribution in [-0.4, -0.2) is 32.6 Å². The summed E-state index contributed by atoms with van der Waals surface area (Å²) in [6.07, 6.45) is 5.97. The second-order valence-corrected chi connectivity index (χ2v) is 4.05. The highest BCUT2D eigenvalue weighted by molar-refractivity contribution is 6.33. The molecule has 0 aliphatic carbocycles. The lowest BCUT2D eigenvalue weighted by Gasteiger charge is -2.05. The van der Waals surface area contributed by atoms with Gasteiger partial charge in [0.05, 0.1) is 10.6 Å². The van der Waals surface area contributed by atoms with Crippen LogP contribution >= 0.6 is 11.6 Å². The van der Waals surface area contributed by atoms with Crippen LogP contribution in [0.15, 0.2) is 24.8 Å². The number of carbonyl (C=O) groups is 1. The van der Waals surface area contributed by atoms with E-state index in [1.54, 1.807) is 12.3 Å². The molecule has 0 fully saturated rings. The Kier molecular flexibility index (Phi) is 4.25. The van der Waals surface area contributed by atoms with Gasteiger partial charge in [-0.05, 0) is 12.5 Å². The molecule has 0 aliphatic rings. The average molecular weight is 266 g/mol. The predicted octanol–water partition coefficient (Wildman–Crippen LogP) is 1.22. The maximum absolute atomic E-state index is 11.8. The fourth-order valence-electron chi connectivity index (χ4n) is 1.45. The zero-order valence-corrected chi connectivity index (χ0v) is 10.3. The highest BCUT2D eigenvalue weighted by Gasteiger charge is 2.09. The van der Waals surface area contributed by atoms with Crippen LogP contribution in [0.4, 0.5) is 0 Å². The van der Waals surface area contributed by atoms with Gasteiger partial charge in [-0.1, -0.05) is 11.6 Å². The van der Waals surface area contributed by atoms with E-state index in [4.69, 9.17) is 11.6 Å². The molecule has 2 aromatic rings. The maximum atomic E-state index is 11.8. The van der Waals surface area contributed by atoms with Crippen molar-refractivity contribution in [2.24, 2.45) is 0 Å². The van der Waals surface area contributed by atoms with Gasteiger partial charge in [-0.2, -0.15) is 5.10 Å². The first-order chi connectivity index (χ1) is 8.77. The summed E-state index contributed by atoms with van der Waals surface area (Å²) in [6.45, 7) is 0.546. The van der Waals surface area contributed by atoms with E-state index >= 15 is 0 Å². The highest BCUT2D eigenvalue weighted by Crippen LogP contribution is 2.12. The lowest BCUT2D eigenvalue weighted by molar-refractivity contribution is 0.0953. The predicted molar refractivity (Wildman–Crippen MR) is 66.3 cm³/mol. The molecule has 94 valence electrons. The number of H-pyrrole nitrogens is 1. The van der Waals surface area contributed by atoms with Crippen molar-refractivity contribution in [3.8, 4) is 0 Å². The standard InChI is InChI=1S/C11H12ClN5O/c12-9-3-5-13-6-8(9)11(18)14-4-1-2-10-15-7-16-17-10/h3,5-7H,1-2,4H2,(H,14,18)(H,15,16,17). The fourth-order valence-corrected chi connectivity index (χ4v) is 1.64. The summed E-state index contributed by atoms with van der Waals surface area (Å²) >= 11 is 5.89. The first-order valence-corrected chi connectivity index (χ1v) is 5.87. The molecule has 7 heteroatoms. The topological polar surface area (TPSA) is 83.6 Å². The molecule has 0 unspecified atom stereocenters. The molecule has 0 aromatic carbocycles. The number of nitrogens with zero attached hydrogens (tertiary/aromatic N) is 3. The molecular formula is C11H12ClN5O. The Hall–Kier alpha value is -1.95. The third-order valence-electron chi connectivity index (χ3n) is 2.35. The van der Waals surface area contributed by atoms with Crippen LogP contribution in [0, 0.1) is 0 Å². The summed E-state index contributed by atoms with van der Waals surface area (Å²) in [4.78, 5) is 19.6. The van der Waals surface area contributed by atoms with Gasteiger partial charge in [0.25, 0.3) is 5.91 Å². The summed E-state index contributed by atoms with van der Waals surface area (Å²) in [5, 5.41) is 9.68. The molecule has 0 aliphatic heterocycles. The number of aromatic nitrogens is 4. The molecule has 6 nitrogen and oxygen atoms in total. The van der Waals surface area contributed by atoms with E-state index in [-0.39, 0.29) is 5.91 Å². The van der Waals surface area contributed by atoms with E-state index in [1.165, 1.54) is 12.5 Å². The highest BCUT2D eigenvalue weighted by atomic mass is 35.5. The van der Waals surface area contributed by atoms with Crippen molar-refractivity contribution >= 4 is 17.5 Å². The van der Waals surface area contributed by atoms with Crippen LogP contribution in [0.3, 0.4) is 0 Å².